The summed E-state index contributed by atoms with van der Waals surface area (Å²) in [5, 5.41) is 2.46. The lowest BCUT2D eigenvalue weighted by Crippen LogP contribution is -2.34. The largest absolute Gasteiger partial charge is 0.307 e. The minimum absolute atomic E-state index is 0.0452. The fourth-order valence-electron chi connectivity index (χ4n) is 8.40. The summed E-state index contributed by atoms with van der Waals surface area (Å²) in [4.78, 5) is 36.5. The fourth-order valence-corrected chi connectivity index (χ4v) is 10.5. The lowest BCUT2D eigenvalue weighted by Gasteiger charge is -2.24. The molecule has 276 valence electrons. The minimum atomic E-state index is -0.0452. The van der Waals surface area contributed by atoms with Crippen LogP contribution < -0.4 is 9.80 Å². The highest BCUT2D eigenvalue weighted by Gasteiger charge is 2.43. The number of nitrogens with zero attached hydrogens (tertiary/aromatic N) is 2. The van der Waals surface area contributed by atoms with Gasteiger partial charge < -0.3 is 9.80 Å². The number of thiophene rings is 2. The first-order chi connectivity index (χ1) is 26.4. The van der Waals surface area contributed by atoms with Gasteiger partial charge in [0.25, 0.3) is 11.8 Å². The van der Waals surface area contributed by atoms with E-state index in [1.165, 1.54) is 29.9 Å². The van der Waals surface area contributed by atoms with Crippen molar-refractivity contribution in [2.75, 3.05) is 22.9 Å². The molecule has 0 saturated carbocycles. The Bertz CT molecular complexity index is 2150. The Balaban J connectivity index is 1.28. The van der Waals surface area contributed by atoms with Crippen LogP contribution in [0.25, 0.3) is 52.2 Å². The van der Waals surface area contributed by atoms with Crippen LogP contribution in [0.2, 0.25) is 0 Å². The smallest absolute Gasteiger partial charge is 0.259 e. The molecule has 2 aliphatic rings. The number of fused-ring (bicyclic) bond motifs is 4. The quantitative estimate of drug-likeness (QED) is 0.104. The maximum Gasteiger partial charge on any atom is 0.259 e. The molecule has 4 aromatic carbocycles. The topological polar surface area (TPSA) is 40.6 Å². The van der Waals surface area contributed by atoms with Crippen LogP contribution >= 0.6 is 22.7 Å². The predicted octanol–water partition coefficient (Wildman–Crippen LogP) is 13.5. The van der Waals surface area contributed by atoms with Gasteiger partial charge in [-0.3, -0.25) is 9.59 Å². The van der Waals surface area contributed by atoms with Crippen molar-refractivity contribution in [1.29, 1.82) is 0 Å². The number of hydrogen-bond donors (Lipinski definition) is 0. The maximum absolute atomic E-state index is 15.0. The van der Waals surface area contributed by atoms with E-state index in [2.05, 4.69) is 125 Å². The first-order valence-corrected chi connectivity index (χ1v) is 21.7. The summed E-state index contributed by atoms with van der Waals surface area (Å²) in [5.41, 5.74) is 6.93. The number of hydrogen-bond acceptors (Lipinski definition) is 4. The highest BCUT2D eigenvalue weighted by atomic mass is 32.1. The van der Waals surface area contributed by atoms with E-state index in [1.54, 1.807) is 22.7 Å². The summed E-state index contributed by atoms with van der Waals surface area (Å²) in [7, 11) is 0. The summed E-state index contributed by atoms with van der Waals surface area (Å²) < 4.78 is 2.50. The van der Waals surface area contributed by atoms with Gasteiger partial charge in [0.2, 0.25) is 0 Å². The van der Waals surface area contributed by atoms with Gasteiger partial charge in [0.15, 0.2) is 0 Å². The van der Waals surface area contributed by atoms with Gasteiger partial charge >= 0.3 is 0 Å². The molecule has 2 unspecified atom stereocenters. The molecule has 8 rings (SSSR count). The fraction of sp³-hybridized carbons (Fsp3) is 0.333. The average Bonchev–Trinajstić information content (AvgIpc) is 3.96. The molecule has 0 radical (unpaired) electrons. The Hall–Kier alpha value is -4.52. The second kappa shape index (κ2) is 15.7. The molecule has 2 aliphatic heterocycles. The van der Waals surface area contributed by atoms with Crippen molar-refractivity contribution < 1.29 is 9.59 Å². The highest BCUT2D eigenvalue weighted by molar-refractivity contribution is 7.22. The van der Waals surface area contributed by atoms with Gasteiger partial charge in [0, 0.05) is 43.4 Å². The van der Waals surface area contributed by atoms with Crippen LogP contribution in [0.4, 0.5) is 11.4 Å². The van der Waals surface area contributed by atoms with E-state index in [1.807, 2.05) is 9.80 Å². The zero-order valence-electron chi connectivity index (χ0n) is 32.0. The number of anilines is 2. The van der Waals surface area contributed by atoms with E-state index in [0.717, 1.165) is 85.0 Å². The molecule has 4 heterocycles. The van der Waals surface area contributed by atoms with Crippen molar-refractivity contribution in [1.82, 2.24) is 0 Å². The number of amides is 2. The van der Waals surface area contributed by atoms with Crippen LogP contribution in [0, 0.1) is 11.8 Å². The molecule has 2 atom stereocenters. The standard InChI is InChI=1S/C48H50N2O2S2/c1-5-9-15-31(7-3)29-49-39-25-35(43-27-33-17-11-13-19-41(33)53-43)21-23-37(39)45(47(49)51)46-38-24-22-36(44-28-34-18-12-14-20-42(34)54-44)26-40(38)50(48(46)52)30-32(8-4)16-10-6-2/h11-14,17-28,31-32H,5-10,15-16,29-30H2,1-4H3/b46-45-. The Morgan fingerprint density at radius 1 is 0.537 bits per heavy atom. The normalized spacial score (nSPS) is 16.5. The second-order valence-electron chi connectivity index (χ2n) is 15.2. The molecule has 2 amide bonds. The number of benzene rings is 4. The van der Waals surface area contributed by atoms with E-state index in [9.17, 15) is 0 Å². The highest BCUT2D eigenvalue weighted by Crippen LogP contribution is 2.50. The van der Waals surface area contributed by atoms with Gasteiger partial charge in [-0.05, 0) is 83.0 Å². The van der Waals surface area contributed by atoms with Crippen molar-refractivity contribution in [3.63, 3.8) is 0 Å². The molecule has 0 N–H and O–H groups in total. The summed E-state index contributed by atoms with van der Waals surface area (Å²) in [5.74, 6) is 0.678. The van der Waals surface area contributed by atoms with Gasteiger partial charge in [-0.2, -0.15) is 0 Å². The molecule has 0 saturated heterocycles. The lowest BCUT2D eigenvalue weighted by molar-refractivity contribution is -0.114. The molecule has 6 heteroatoms. The summed E-state index contributed by atoms with van der Waals surface area (Å²) in [6.07, 6.45) is 8.73. The Labute approximate surface area is 328 Å². The Morgan fingerprint density at radius 3 is 1.35 bits per heavy atom. The molecular formula is C48H50N2O2S2. The van der Waals surface area contributed by atoms with Crippen molar-refractivity contribution in [3.05, 3.63) is 108 Å². The predicted molar refractivity (Wildman–Crippen MR) is 233 cm³/mol. The zero-order chi connectivity index (χ0) is 37.3. The summed E-state index contributed by atoms with van der Waals surface area (Å²) in [6.45, 7) is 10.2. The number of rotatable bonds is 14. The van der Waals surface area contributed by atoms with Crippen molar-refractivity contribution in [3.8, 4) is 20.9 Å². The van der Waals surface area contributed by atoms with E-state index in [4.69, 9.17) is 0 Å². The number of carbonyl (C=O) groups excluding carboxylic acids is 2. The van der Waals surface area contributed by atoms with Crippen molar-refractivity contribution >= 4 is 77.2 Å². The Morgan fingerprint density at radius 2 is 0.963 bits per heavy atom. The van der Waals surface area contributed by atoms with Crippen LogP contribution in [0.1, 0.15) is 90.2 Å². The number of carbonyl (C=O) groups is 2. The van der Waals surface area contributed by atoms with E-state index in [0.29, 0.717) is 36.1 Å². The van der Waals surface area contributed by atoms with E-state index < -0.39 is 0 Å². The van der Waals surface area contributed by atoms with Gasteiger partial charge in [-0.15, -0.1) is 22.7 Å². The molecule has 0 bridgehead atoms. The van der Waals surface area contributed by atoms with Crippen LogP contribution in [0.15, 0.2) is 97.1 Å². The Kier molecular flexibility index (Phi) is 10.6. The lowest BCUT2D eigenvalue weighted by atomic mass is 9.95. The van der Waals surface area contributed by atoms with Gasteiger partial charge in [-0.25, -0.2) is 0 Å². The average molecular weight is 751 g/mol. The summed E-state index contributed by atoms with van der Waals surface area (Å²) in [6, 6.07) is 34.4. The molecule has 6 aromatic rings. The molecule has 54 heavy (non-hydrogen) atoms. The van der Waals surface area contributed by atoms with E-state index in [-0.39, 0.29) is 11.8 Å². The third-order valence-electron chi connectivity index (χ3n) is 11.7. The SMILES string of the molecule is CCCCC(CC)CN1C(=O)/C(=C2\C(=O)N(CC(CC)CCCC)c3cc(-c4cc5ccccc5s4)ccc32)c2ccc(-c3cc4ccccc4s3)cc21. The maximum atomic E-state index is 15.0. The third kappa shape index (κ3) is 6.73. The van der Waals surface area contributed by atoms with Crippen molar-refractivity contribution in [2.24, 2.45) is 11.8 Å². The monoisotopic (exact) mass is 750 g/mol. The molecular weight excluding hydrogens is 701 g/mol. The molecule has 0 spiro atoms. The molecule has 0 aliphatic carbocycles. The first-order valence-electron chi connectivity index (χ1n) is 20.1. The molecule has 0 fully saturated rings. The second-order valence-corrected chi connectivity index (χ2v) is 17.3. The summed E-state index contributed by atoms with van der Waals surface area (Å²) >= 11 is 3.57. The van der Waals surface area contributed by atoms with Gasteiger partial charge in [0.1, 0.15) is 0 Å². The van der Waals surface area contributed by atoms with Crippen LogP contribution in [-0.4, -0.2) is 24.9 Å². The van der Waals surface area contributed by atoms with Crippen molar-refractivity contribution in [2.45, 2.75) is 79.1 Å². The van der Waals surface area contributed by atoms with Crippen LogP contribution in [0.3, 0.4) is 0 Å². The van der Waals surface area contributed by atoms with E-state index >= 15 is 9.59 Å². The van der Waals surface area contributed by atoms with Gasteiger partial charge in [0.05, 0.1) is 22.5 Å². The third-order valence-corrected chi connectivity index (χ3v) is 14.0. The first kappa shape index (κ1) is 36.5. The number of unbranched alkanes of at least 4 members (excludes halogenated alkanes) is 2. The van der Waals surface area contributed by atoms with Crippen LogP contribution in [0.5, 0.6) is 0 Å². The minimum Gasteiger partial charge on any atom is -0.307 e. The zero-order valence-corrected chi connectivity index (χ0v) is 33.6. The molecule has 2 aromatic heterocycles. The van der Waals surface area contributed by atoms with Gasteiger partial charge in [-0.1, -0.05) is 127 Å². The van der Waals surface area contributed by atoms with Crippen LogP contribution in [-0.2, 0) is 9.59 Å². The molecule has 4 nitrogen and oxygen atoms in total.